The maximum atomic E-state index is 12.4. The molecule has 160 valence electrons. The minimum atomic E-state index is -0.487. The van der Waals surface area contributed by atoms with Gasteiger partial charge in [0.25, 0.3) is 11.8 Å². The van der Waals surface area contributed by atoms with Crippen molar-refractivity contribution in [1.29, 1.82) is 5.26 Å². The molecule has 0 saturated carbocycles. The molecule has 2 aromatic carbocycles. The smallest absolute Gasteiger partial charge is 0.266 e. The molecule has 1 saturated heterocycles. The molecule has 1 aliphatic rings. The molecule has 2 aromatic rings. The Balaban J connectivity index is 1.63. The molecule has 2 amide bonds. The number of amides is 2. The van der Waals surface area contributed by atoms with E-state index in [9.17, 15) is 14.9 Å². The number of nitrogens with one attached hydrogen (secondary N) is 1. The number of morpholine rings is 1. The van der Waals surface area contributed by atoms with Gasteiger partial charge in [-0.2, -0.15) is 5.26 Å². The van der Waals surface area contributed by atoms with Crippen molar-refractivity contribution in [3.05, 3.63) is 63.6 Å². The maximum Gasteiger partial charge on any atom is 0.266 e. The van der Waals surface area contributed by atoms with Crippen LogP contribution in [0.3, 0.4) is 0 Å². The summed E-state index contributed by atoms with van der Waals surface area (Å²) in [6.45, 7) is 4.08. The highest BCUT2D eigenvalue weighted by molar-refractivity contribution is 9.10. The molecule has 8 heteroatoms. The number of nitrogens with zero attached hydrogens (tertiary/aromatic N) is 2. The van der Waals surface area contributed by atoms with Crippen LogP contribution in [-0.2, 0) is 14.3 Å². The Morgan fingerprint density at radius 2 is 1.94 bits per heavy atom. The highest BCUT2D eigenvalue weighted by atomic mass is 79.9. The average Bonchev–Trinajstić information content (AvgIpc) is 2.78. The lowest BCUT2D eigenvalue weighted by Gasteiger charge is -2.26. The van der Waals surface area contributed by atoms with E-state index in [1.807, 2.05) is 25.1 Å². The minimum absolute atomic E-state index is 0.0244. The van der Waals surface area contributed by atoms with E-state index in [1.165, 1.54) is 6.08 Å². The number of hydrogen-bond acceptors (Lipinski definition) is 5. The fourth-order valence-electron chi connectivity index (χ4n) is 2.92. The molecule has 7 nitrogen and oxygen atoms in total. The van der Waals surface area contributed by atoms with Gasteiger partial charge in [-0.05, 0) is 58.8 Å². The maximum absolute atomic E-state index is 12.4. The van der Waals surface area contributed by atoms with Crippen LogP contribution in [0.2, 0.25) is 0 Å². The van der Waals surface area contributed by atoms with Crippen molar-refractivity contribution in [3.63, 3.8) is 0 Å². The third-order valence-electron chi connectivity index (χ3n) is 4.66. The fraction of sp³-hybridized carbons (Fsp3) is 0.261. The van der Waals surface area contributed by atoms with Crippen LogP contribution in [0.25, 0.3) is 6.08 Å². The van der Waals surface area contributed by atoms with Crippen molar-refractivity contribution in [3.8, 4) is 11.8 Å². The lowest BCUT2D eigenvalue weighted by molar-refractivity contribution is -0.137. The zero-order chi connectivity index (χ0) is 22.2. The summed E-state index contributed by atoms with van der Waals surface area (Å²) in [7, 11) is 0. The summed E-state index contributed by atoms with van der Waals surface area (Å²) in [6.07, 6.45) is 1.50. The number of nitriles is 1. The van der Waals surface area contributed by atoms with Gasteiger partial charge in [0.15, 0.2) is 6.61 Å². The fourth-order valence-corrected chi connectivity index (χ4v) is 3.43. The van der Waals surface area contributed by atoms with E-state index >= 15 is 0 Å². The van der Waals surface area contributed by atoms with Crippen LogP contribution in [-0.4, -0.2) is 49.6 Å². The van der Waals surface area contributed by atoms with Crippen LogP contribution < -0.4 is 10.1 Å². The van der Waals surface area contributed by atoms with Gasteiger partial charge in [0.1, 0.15) is 17.4 Å². The highest BCUT2D eigenvalue weighted by Crippen LogP contribution is 2.27. The second-order valence-electron chi connectivity index (χ2n) is 6.96. The number of ether oxygens (including phenoxy) is 2. The first kappa shape index (κ1) is 22.5. The number of halogens is 1. The molecule has 0 unspecified atom stereocenters. The molecule has 0 radical (unpaired) electrons. The van der Waals surface area contributed by atoms with Crippen LogP contribution >= 0.6 is 15.9 Å². The summed E-state index contributed by atoms with van der Waals surface area (Å²) in [5.74, 6) is -0.0843. The number of anilines is 1. The third-order valence-corrected chi connectivity index (χ3v) is 5.28. The van der Waals surface area contributed by atoms with Crippen LogP contribution in [0.5, 0.6) is 5.75 Å². The second kappa shape index (κ2) is 10.8. The van der Waals surface area contributed by atoms with E-state index in [2.05, 4.69) is 21.2 Å². The Labute approximate surface area is 189 Å². The minimum Gasteiger partial charge on any atom is -0.483 e. The van der Waals surface area contributed by atoms with E-state index in [1.54, 1.807) is 35.2 Å². The molecule has 1 heterocycles. The average molecular weight is 484 g/mol. The molecule has 0 aromatic heterocycles. The van der Waals surface area contributed by atoms with Gasteiger partial charge in [-0.25, -0.2) is 0 Å². The molecule has 0 bridgehead atoms. The summed E-state index contributed by atoms with van der Waals surface area (Å²) < 4.78 is 11.5. The number of benzene rings is 2. The SMILES string of the molecule is Cc1ccc(NC(=O)/C(C#N)=C\c2ccc(OCC(=O)N3CCOCC3)c(Br)c2)cc1. The zero-order valence-corrected chi connectivity index (χ0v) is 18.6. The highest BCUT2D eigenvalue weighted by Gasteiger charge is 2.17. The predicted molar refractivity (Wildman–Crippen MR) is 120 cm³/mol. The molecular formula is C23H22BrN3O4. The van der Waals surface area contributed by atoms with Crippen LogP contribution in [0.15, 0.2) is 52.5 Å². The summed E-state index contributed by atoms with van der Waals surface area (Å²) in [5, 5.41) is 12.1. The quantitative estimate of drug-likeness (QED) is 0.501. The molecule has 31 heavy (non-hydrogen) atoms. The molecule has 0 atom stereocenters. The second-order valence-corrected chi connectivity index (χ2v) is 7.82. The summed E-state index contributed by atoms with van der Waals surface area (Å²) >= 11 is 3.42. The summed E-state index contributed by atoms with van der Waals surface area (Å²) in [6, 6.07) is 14.4. The molecule has 1 N–H and O–H groups in total. The number of carbonyl (C=O) groups excluding carboxylic acids is 2. The predicted octanol–water partition coefficient (Wildman–Crippen LogP) is 3.54. The van der Waals surface area contributed by atoms with Gasteiger partial charge in [0.05, 0.1) is 17.7 Å². The van der Waals surface area contributed by atoms with E-state index in [4.69, 9.17) is 9.47 Å². The van der Waals surface area contributed by atoms with Crippen molar-refractivity contribution >= 4 is 39.5 Å². The monoisotopic (exact) mass is 483 g/mol. The largest absolute Gasteiger partial charge is 0.483 e. The Bertz CT molecular complexity index is 1020. The van der Waals surface area contributed by atoms with Gasteiger partial charge < -0.3 is 19.7 Å². The Morgan fingerprint density at radius 3 is 2.58 bits per heavy atom. The van der Waals surface area contributed by atoms with Crippen molar-refractivity contribution in [2.75, 3.05) is 38.2 Å². The van der Waals surface area contributed by atoms with Crippen LogP contribution in [0.1, 0.15) is 11.1 Å². The van der Waals surface area contributed by atoms with Crippen molar-refractivity contribution in [1.82, 2.24) is 4.90 Å². The zero-order valence-electron chi connectivity index (χ0n) is 17.1. The molecule has 1 aliphatic heterocycles. The van der Waals surface area contributed by atoms with Crippen molar-refractivity contribution in [2.24, 2.45) is 0 Å². The van der Waals surface area contributed by atoms with Crippen molar-refractivity contribution < 1.29 is 19.1 Å². The summed E-state index contributed by atoms with van der Waals surface area (Å²) in [4.78, 5) is 26.3. The van der Waals surface area contributed by atoms with Gasteiger partial charge in [0.2, 0.25) is 0 Å². The first-order valence-electron chi connectivity index (χ1n) is 9.74. The first-order valence-corrected chi connectivity index (χ1v) is 10.5. The van der Waals surface area contributed by atoms with Crippen molar-refractivity contribution in [2.45, 2.75) is 6.92 Å². The van der Waals surface area contributed by atoms with E-state index in [0.717, 1.165) is 5.56 Å². The summed E-state index contributed by atoms with van der Waals surface area (Å²) in [5.41, 5.74) is 2.32. The van der Waals surface area contributed by atoms with Gasteiger partial charge >= 0.3 is 0 Å². The van der Waals surface area contributed by atoms with Gasteiger partial charge in [0, 0.05) is 18.8 Å². The lowest BCUT2D eigenvalue weighted by atomic mass is 10.1. The van der Waals surface area contributed by atoms with E-state index in [-0.39, 0.29) is 18.1 Å². The Hall–Kier alpha value is -3.15. The molecule has 0 spiro atoms. The topological polar surface area (TPSA) is 91.7 Å². The van der Waals surface area contributed by atoms with Gasteiger partial charge in [-0.15, -0.1) is 0 Å². The normalized spacial score (nSPS) is 14.0. The van der Waals surface area contributed by atoms with E-state index in [0.29, 0.717) is 47.8 Å². The lowest BCUT2D eigenvalue weighted by Crippen LogP contribution is -2.43. The Kier molecular flexibility index (Phi) is 7.82. The molecule has 3 rings (SSSR count). The van der Waals surface area contributed by atoms with E-state index < -0.39 is 5.91 Å². The van der Waals surface area contributed by atoms with Gasteiger partial charge in [-0.1, -0.05) is 23.8 Å². The number of hydrogen-bond donors (Lipinski definition) is 1. The van der Waals surface area contributed by atoms with Crippen LogP contribution in [0.4, 0.5) is 5.69 Å². The Morgan fingerprint density at radius 1 is 1.23 bits per heavy atom. The third kappa shape index (κ3) is 6.41. The number of carbonyl (C=O) groups is 2. The van der Waals surface area contributed by atoms with Gasteiger partial charge in [-0.3, -0.25) is 9.59 Å². The molecular weight excluding hydrogens is 462 g/mol. The van der Waals surface area contributed by atoms with Crippen LogP contribution in [0, 0.1) is 18.3 Å². The number of rotatable bonds is 6. The standard InChI is InChI=1S/C23H22BrN3O4/c1-16-2-5-19(6-3-16)26-23(29)18(14-25)12-17-4-7-21(20(24)13-17)31-15-22(28)27-8-10-30-11-9-27/h2-7,12-13H,8-11,15H2,1H3,(H,26,29)/b18-12-. The molecule has 1 fully saturated rings. The first-order chi connectivity index (χ1) is 15.0. The molecule has 0 aliphatic carbocycles. The number of aryl methyl sites for hydroxylation is 1.